The summed E-state index contributed by atoms with van der Waals surface area (Å²) in [4.78, 5) is 15.0. The van der Waals surface area contributed by atoms with Crippen LogP contribution in [0.5, 0.6) is 0 Å². The van der Waals surface area contributed by atoms with Crippen LogP contribution in [0.1, 0.15) is 18.5 Å². The van der Waals surface area contributed by atoms with Gasteiger partial charge in [-0.2, -0.15) is 4.31 Å². The van der Waals surface area contributed by atoms with Crippen molar-refractivity contribution in [2.24, 2.45) is 0 Å². The van der Waals surface area contributed by atoms with E-state index < -0.39 is 16.0 Å². The molecule has 0 radical (unpaired) electrons. The van der Waals surface area contributed by atoms with E-state index in [9.17, 15) is 13.2 Å². The van der Waals surface area contributed by atoms with E-state index in [1.54, 1.807) is 24.4 Å². The minimum absolute atomic E-state index is 0.0779. The molecule has 0 bridgehead atoms. The third-order valence-electron chi connectivity index (χ3n) is 2.60. The van der Waals surface area contributed by atoms with Crippen molar-refractivity contribution in [2.45, 2.75) is 19.4 Å². The summed E-state index contributed by atoms with van der Waals surface area (Å²) in [6.07, 6.45) is 1.97. The highest BCUT2D eigenvalue weighted by atomic mass is 32.2. The topological polar surface area (TPSA) is 76.6 Å². The Morgan fingerprint density at radius 3 is 2.74 bits per heavy atom. The van der Waals surface area contributed by atoms with Gasteiger partial charge in [-0.25, -0.2) is 8.42 Å². The minimum Gasteiger partial charge on any atom is -0.469 e. The van der Waals surface area contributed by atoms with Gasteiger partial charge in [-0.1, -0.05) is 6.07 Å². The van der Waals surface area contributed by atoms with Gasteiger partial charge in [0.1, 0.15) is 0 Å². The summed E-state index contributed by atoms with van der Waals surface area (Å²) in [6, 6.07) is 5.34. The molecule has 0 aromatic carbocycles. The summed E-state index contributed by atoms with van der Waals surface area (Å²) < 4.78 is 29.6. The van der Waals surface area contributed by atoms with Crippen LogP contribution in [0.4, 0.5) is 0 Å². The summed E-state index contributed by atoms with van der Waals surface area (Å²) in [7, 11) is -0.593. The molecule has 19 heavy (non-hydrogen) atoms. The second-order valence-corrected chi connectivity index (χ2v) is 6.27. The van der Waals surface area contributed by atoms with Gasteiger partial charge in [0.2, 0.25) is 10.0 Å². The first-order chi connectivity index (χ1) is 8.95. The fourth-order valence-corrected chi connectivity index (χ4v) is 2.62. The molecule has 6 nitrogen and oxygen atoms in total. The van der Waals surface area contributed by atoms with E-state index in [1.807, 2.05) is 0 Å². The van der Waals surface area contributed by atoms with Crippen molar-refractivity contribution in [3.05, 3.63) is 30.1 Å². The van der Waals surface area contributed by atoms with Crippen LogP contribution in [0.15, 0.2) is 24.4 Å². The van der Waals surface area contributed by atoms with Gasteiger partial charge < -0.3 is 4.74 Å². The molecule has 0 N–H and O–H groups in total. The van der Waals surface area contributed by atoms with Crippen molar-refractivity contribution in [3.8, 4) is 0 Å². The van der Waals surface area contributed by atoms with Crippen molar-refractivity contribution in [2.75, 3.05) is 19.9 Å². The standard InChI is InChI=1S/C12H18N2O4S/c1-14(10-11-6-3-4-8-13-11)19(16,17)9-5-7-12(15)18-2/h3-4,6,8H,5,7,9-10H2,1-2H3. The summed E-state index contributed by atoms with van der Waals surface area (Å²) in [5, 5.41) is 0. The van der Waals surface area contributed by atoms with E-state index in [4.69, 9.17) is 0 Å². The molecule has 0 spiro atoms. The highest BCUT2D eigenvalue weighted by molar-refractivity contribution is 7.89. The van der Waals surface area contributed by atoms with Gasteiger partial charge in [0.25, 0.3) is 0 Å². The quantitative estimate of drug-likeness (QED) is 0.693. The zero-order chi connectivity index (χ0) is 14.3. The van der Waals surface area contributed by atoms with Crippen molar-refractivity contribution < 1.29 is 17.9 Å². The number of aromatic nitrogens is 1. The first kappa shape index (κ1) is 15.6. The Balaban J connectivity index is 2.50. The monoisotopic (exact) mass is 286 g/mol. The Hall–Kier alpha value is -1.47. The number of hydrogen-bond donors (Lipinski definition) is 0. The molecular weight excluding hydrogens is 268 g/mol. The number of pyridine rings is 1. The van der Waals surface area contributed by atoms with Gasteiger partial charge in [0.05, 0.1) is 25.1 Å². The molecular formula is C12H18N2O4S. The summed E-state index contributed by atoms with van der Waals surface area (Å²) in [5.74, 6) is -0.478. The third-order valence-corrected chi connectivity index (χ3v) is 4.48. The maximum absolute atomic E-state index is 12.0. The SMILES string of the molecule is COC(=O)CCCS(=O)(=O)N(C)Cc1ccccn1. The van der Waals surface area contributed by atoms with Crippen LogP contribution in [-0.2, 0) is 26.1 Å². The van der Waals surface area contributed by atoms with E-state index in [1.165, 1.54) is 18.5 Å². The van der Waals surface area contributed by atoms with Gasteiger partial charge >= 0.3 is 5.97 Å². The maximum atomic E-state index is 12.0. The first-order valence-electron chi connectivity index (χ1n) is 5.86. The summed E-state index contributed by atoms with van der Waals surface area (Å²) in [6.45, 7) is 0.224. The molecule has 1 rings (SSSR count). The third kappa shape index (κ3) is 5.35. The Bertz CT molecular complexity index is 502. The van der Waals surface area contributed by atoms with Crippen LogP contribution in [0, 0.1) is 0 Å². The average Bonchev–Trinajstić information content (AvgIpc) is 2.39. The van der Waals surface area contributed by atoms with E-state index in [0.29, 0.717) is 5.69 Å². The Labute approximate surface area is 113 Å². The predicted molar refractivity (Wildman–Crippen MR) is 70.7 cm³/mol. The second-order valence-electron chi connectivity index (χ2n) is 4.07. The van der Waals surface area contributed by atoms with Crippen LogP contribution in [0.25, 0.3) is 0 Å². The molecule has 1 aromatic rings. The molecule has 1 heterocycles. The lowest BCUT2D eigenvalue weighted by atomic mass is 10.3. The number of esters is 1. The Morgan fingerprint density at radius 1 is 1.42 bits per heavy atom. The molecule has 0 fully saturated rings. The zero-order valence-corrected chi connectivity index (χ0v) is 11.9. The number of carbonyl (C=O) groups is 1. The molecule has 0 aliphatic heterocycles. The molecule has 0 amide bonds. The number of rotatable bonds is 7. The molecule has 0 saturated carbocycles. The lowest BCUT2D eigenvalue weighted by Gasteiger charge is -2.16. The number of carbonyl (C=O) groups excluding carboxylic acids is 1. The highest BCUT2D eigenvalue weighted by Gasteiger charge is 2.18. The van der Waals surface area contributed by atoms with Crippen LogP contribution < -0.4 is 0 Å². The van der Waals surface area contributed by atoms with Crippen molar-refractivity contribution in [1.29, 1.82) is 0 Å². The lowest BCUT2D eigenvalue weighted by Crippen LogP contribution is -2.29. The number of sulfonamides is 1. The minimum atomic E-state index is -3.38. The van der Waals surface area contributed by atoms with Crippen molar-refractivity contribution >= 4 is 16.0 Å². The fraction of sp³-hybridized carbons (Fsp3) is 0.500. The van der Waals surface area contributed by atoms with Crippen LogP contribution in [-0.4, -0.2) is 43.6 Å². The number of methoxy groups -OCH3 is 1. The maximum Gasteiger partial charge on any atom is 0.305 e. The van der Waals surface area contributed by atoms with E-state index in [-0.39, 0.29) is 25.1 Å². The van der Waals surface area contributed by atoms with Crippen LogP contribution in [0.3, 0.4) is 0 Å². The van der Waals surface area contributed by atoms with Crippen LogP contribution >= 0.6 is 0 Å². The van der Waals surface area contributed by atoms with Gasteiger partial charge in [-0.15, -0.1) is 0 Å². The smallest absolute Gasteiger partial charge is 0.305 e. The Kier molecular flexibility index (Phi) is 5.91. The van der Waals surface area contributed by atoms with E-state index >= 15 is 0 Å². The highest BCUT2D eigenvalue weighted by Crippen LogP contribution is 2.07. The molecule has 7 heteroatoms. The molecule has 0 unspecified atom stereocenters. The van der Waals surface area contributed by atoms with Crippen molar-refractivity contribution in [1.82, 2.24) is 9.29 Å². The zero-order valence-electron chi connectivity index (χ0n) is 11.1. The van der Waals surface area contributed by atoms with Gasteiger partial charge in [-0.05, 0) is 18.6 Å². The fourth-order valence-electron chi connectivity index (χ4n) is 1.47. The largest absolute Gasteiger partial charge is 0.469 e. The normalized spacial score (nSPS) is 11.5. The number of hydrogen-bond acceptors (Lipinski definition) is 5. The number of nitrogens with zero attached hydrogens (tertiary/aromatic N) is 2. The van der Waals surface area contributed by atoms with Crippen molar-refractivity contribution in [3.63, 3.8) is 0 Å². The second kappa shape index (κ2) is 7.20. The predicted octanol–water partition coefficient (Wildman–Crippen LogP) is 0.796. The summed E-state index contributed by atoms with van der Waals surface area (Å²) in [5.41, 5.74) is 0.682. The molecule has 0 atom stereocenters. The molecule has 0 aliphatic rings. The van der Waals surface area contributed by atoms with Crippen LogP contribution in [0.2, 0.25) is 0 Å². The van der Waals surface area contributed by atoms with E-state index in [0.717, 1.165) is 0 Å². The van der Waals surface area contributed by atoms with Gasteiger partial charge in [0.15, 0.2) is 0 Å². The first-order valence-corrected chi connectivity index (χ1v) is 7.47. The molecule has 0 aliphatic carbocycles. The lowest BCUT2D eigenvalue weighted by molar-refractivity contribution is -0.140. The average molecular weight is 286 g/mol. The Morgan fingerprint density at radius 2 is 2.16 bits per heavy atom. The molecule has 1 aromatic heterocycles. The number of ether oxygens (including phenoxy) is 1. The molecule has 106 valence electrons. The van der Waals surface area contributed by atoms with Gasteiger partial charge in [0, 0.05) is 19.7 Å². The van der Waals surface area contributed by atoms with Gasteiger partial charge in [-0.3, -0.25) is 9.78 Å². The summed E-state index contributed by atoms with van der Waals surface area (Å²) >= 11 is 0. The van der Waals surface area contributed by atoms with E-state index in [2.05, 4.69) is 9.72 Å². The molecule has 0 saturated heterocycles.